The number of nitrogens with one attached hydrogen (secondary N) is 1. The number of para-hydroxylation sites is 1. The number of hydrogen-bond donors (Lipinski definition) is 1. The highest BCUT2D eigenvalue weighted by molar-refractivity contribution is 7.17. The van der Waals surface area contributed by atoms with Crippen LogP contribution in [0.15, 0.2) is 34.9 Å². The van der Waals surface area contributed by atoms with Crippen LogP contribution in [0.5, 0.6) is 5.75 Å². The molecule has 1 aliphatic heterocycles. The highest BCUT2D eigenvalue weighted by atomic mass is 32.1. The molecule has 0 radical (unpaired) electrons. The maximum Gasteiger partial charge on any atom is 0.265 e. The molecule has 8 heteroatoms. The van der Waals surface area contributed by atoms with E-state index in [1.165, 1.54) is 11.3 Å². The second-order valence-corrected chi connectivity index (χ2v) is 8.71. The van der Waals surface area contributed by atoms with E-state index in [9.17, 15) is 4.79 Å². The molecule has 2 aromatic heterocycles. The predicted octanol–water partition coefficient (Wildman–Crippen LogP) is 4.49. The number of aryl methyl sites for hydroxylation is 1. The Labute approximate surface area is 186 Å². The van der Waals surface area contributed by atoms with E-state index in [0.717, 1.165) is 53.8 Å². The van der Waals surface area contributed by atoms with Crippen LogP contribution in [0.1, 0.15) is 58.3 Å². The monoisotopic (exact) mass is 440 g/mol. The lowest BCUT2D eigenvalue weighted by Crippen LogP contribution is -2.39. The summed E-state index contributed by atoms with van der Waals surface area (Å²) in [5.41, 5.74) is 1.84. The fourth-order valence-electron chi connectivity index (χ4n) is 3.96. The van der Waals surface area contributed by atoms with Crippen LogP contribution in [0.3, 0.4) is 0 Å². The number of piperidine rings is 1. The van der Waals surface area contributed by atoms with Crippen molar-refractivity contribution < 1.29 is 13.9 Å². The van der Waals surface area contributed by atoms with Gasteiger partial charge in [0, 0.05) is 31.6 Å². The van der Waals surface area contributed by atoms with Crippen molar-refractivity contribution in [1.29, 1.82) is 0 Å². The summed E-state index contributed by atoms with van der Waals surface area (Å²) >= 11 is 1.43. The summed E-state index contributed by atoms with van der Waals surface area (Å²) in [5.74, 6) is 2.50. The summed E-state index contributed by atoms with van der Waals surface area (Å²) in [6.07, 6.45) is 4.31. The minimum absolute atomic E-state index is 0.0460. The molecule has 1 atom stereocenters. The lowest BCUT2D eigenvalue weighted by atomic mass is 9.98. The van der Waals surface area contributed by atoms with Crippen LogP contribution in [0, 0.1) is 6.92 Å². The normalized spacial score (nSPS) is 16.4. The number of thiazole rings is 1. The Kier molecular flexibility index (Phi) is 6.56. The number of hydrogen-bond acceptors (Lipinski definition) is 7. The summed E-state index contributed by atoms with van der Waals surface area (Å²) in [6, 6.07) is 7.91. The number of aromatic nitrogens is 2. The van der Waals surface area contributed by atoms with Gasteiger partial charge >= 0.3 is 0 Å². The molecule has 0 bridgehead atoms. The molecule has 1 fully saturated rings. The minimum Gasteiger partial charge on any atom is -0.496 e. The Morgan fingerprint density at radius 3 is 3.03 bits per heavy atom. The number of benzene rings is 1. The molecule has 0 aliphatic carbocycles. The van der Waals surface area contributed by atoms with Crippen molar-refractivity contribution in [2.24, 2.45) is 0 Å². The third-order valence-corrected chi connectivity index (χ3v) is 6.61. The molecule has 31 heavy (non-hydrogen) atoms. The summed E-state index contributed by atoms with van der Waals surface area (Å²) in [6.45, 7) is 6.06. The average Bonchev–Trinajstić information content (AvgIpc) is 3.40. The molecule has 7 nitrogen and oxygen atoms in total. The highest BCUT2D eigenvalue weighted by Gasteiger charge is 2.30. The smallest absolute Gasteiger partial charge is 0.265 e. The van der Waals surface area contributed by atoms with E-state index >= 15 is 0 Å². The Bertz CT molecular complexity index is 1050. The highest BCUT2D eigenvalue weighted by Crippen LogP contribution is 2.31. The molecule has 1 amide bonds. The summed E-state index contributed by atoms with van der Waals surface area (Å²) in [4.78, 5) is 24.8. The zero-order chi connectivity index (χ0) is 21.8. The van der Waals surface area contributed by atoms with Crippen molar-refractivity contribution in [3.63, 3.8) is 0 Å². The van der Waals surface area contributed by atoms with E-state index < -0.39 is 0 Å². The van der Waals surface area contributed by atoms with Crippen LogP contribution in [0.25, 0.3) is 0 Å². The quantitative estimate of drug-likeness (QED) is 0.583. The van der Waals surface area contributed by atoms with Crippen molar-refractivity contribution in [1.82, 2.24) is 14.9 Å². The van der Waals surface area contributed by atoms with Crippen LogP contribution in [0.4, 0.5) is 5.13 Å². The molecular formula is C23H28N4O3S. The largest absolute Gasteiger partial charge is 0.496 e. The van der Waals surface area contributed by atoms with Crippen molar-refractivity contribution in [2.45, 2.75) is 39.0 Å². The summed E-state index contributed by atoms with van der Waals surface area (Å²) in [7, 11) is 1.67. The molecular weight excluding hydrogens is 412 g/mol. The van der Waals surface area contributed by atoms with E-state index in [0.29, 0.717) is 23.7 Å². The van der Waals surface area contributed by atoms with Gasteiger partial charge in [-0.15, -0.1) is 0 Å². The number of amides is 1. The predicted molar refractivity (Wildman–Crippen MR) is 121 cm³/mol. The molecule has 0 saturated carbocycles. The van der Waals surface area contributed by atoms with Gasteiger partial charge in [0.2, 0.25) is 0 Å². The first-order valence-corrected chi connectivity index (χ1v) is 11.5. The Balaban J connectivity index is 1.45. The SMILES string of the molecule is CCNc1nc(C)c(C(=O)N2CCCC(c3ncc(Cc4ccccc4OC)o3)C2)s1. The van der Waals surface area contributed by atoms with E-state index in [1.807, 2.05) is 43.0 Å². The number of carbonyl (C=O) groups is 1. The second-order valence-electron chi connectivity index (χ2n) is 7.71. The van der Waals surface area contributed by atoms with Gasteiger partial charge in [-0.1, -0.05) is 29.5 Å². The molecule has 3 aromatic rings. The first-order valence-electron chi connectivity index (χ1n) is 10.7. The number of anilines is 1. The molecule has 1 saturated heterocycles. The lowest BCUT2D eigenvalue weighted by Gasteiger charge is -2.31. The van der Waals surface area contributed by atoms with Crippen molar-refractivity contribution >= 4 is 22.4 Å². The fraction of sp³-hybridized carbons (Fsp3) is 0.435. The summed E-state index contributed by atoms with van der Waals surface area (Å²) in [5, 5.41) is 3.99. The standard InChI is InChI=1S/C23H28N4O3S/c1-4-24-23-26-15(2)20(31-23)22(28)27-11-7-9-17(14-27)21-25-13-18(30-21)12-16-8-5-6-10-19(16)29-3/h5-6,8,10,13,17H,4,7,9,11-12,14H2,1-3H3,(H,24,26). The number of likely N-dealkylation sites (tertiary alicyclic amines) is 1. The van der Waals surface area contributed by atoms with Gasteiger partial charge in [0.15, 0.2) is 11.0 Å². The summed E-state index contributed by atoms with van der Waals surface area (Å²) < 4.78 is 11.5. The fourth-order valence-corrected chi connectivity index (χ4v) is 4.96. The number of nitrogens with zero attached hydrogens (tertiary/aromatic N) is 3. The third kappa shape index (κ3) is 4.74. The van der Waals surface area contributed by atoms with Gasteiger partial charge < -0.3 is 19.4 Å². The molecule has 1 aliphatic rings. The van der Waals surface area contributed by atoms with Crippen LogP contribution >= 0.6 is 11.3 Å². The van der Waals surface area contributed by atoms with E-state index in [1.54, 1.807) is 13.3 Å². The van der Waals surface area contributed by atoms with E-state index in [2.05, 4.69) is 15.3 Å². The minimum atomic E-state index is 0.0460. The number of carbonyl (C=O) groups excluding carboxylic acids is 1. The molecule has 1 unspecified atom stereocenters. The molecule has 1 aromatic carbocycles. The van der Waals surface area contributed by atoms with E-state index in [-0.39, 0.29) is 11.8 Å². The van der Waals surface area contributed by atoms with Gasteiger partial charge in [-0.2, -0.15) is 0 Å². The molecule has 164 valence electrons. The maximum absolute atomic E-state index is 13.1. The van der Waals surface area contributed by atoms with Crippen LogP contribution in [0.2, 0.25) is 0 Å². The van der Waals surface area contributed by atoms with Gasteiger partial charge in [0.1, 0.15) is 16.4 Å². The van der Waals surface area contributed by atoms with Crippen molar-refractivity contribution in [2.75, 3.05) is 32.1 Å². The average molecular weight is 441 g/mol. The number of methoxy groups -OCH3 is 1. The third-order valence-electron chi connectivity index (χ3n) is 5.51. The van der Waals surface area contributed by atoms with Crippen molar-refractivity contribution in [3.8, 4) is 5.75 Å². The Hall–Kier alpha value is -2.87. The van der Waals surface area contributed by atoms with Gasteiger partial charge in [-0.25, -0.2) is 9.97 Å². The number of ether oxygens (including phenoxy) is 1. The van der Waals surface area contributed by atoms with Gasteiger partial charge in [-0.05, 0) is 32.8 Å². The molecule has 1 N–H and O–H groups in total. The first kappa shape index (κ1) is 21.4. The zero-order valence-electron chi connectivity index (χ0n) is 18.2. The Morgan fingerprint density at radius 1 is 1.39 bits per heavy atom. The molecule has 3 heterocycles. The number of rotatable bonds is 7. The topological polar surface area (TPSA) is 80.5 Å². The maximum atomic E-state index is 13.1. The van der Waals surface area contributed by atoms with Crippen LogP contribution < -0.4 is 10.1 Å². The van der Waals surface area contributed by atoms with Gasteiger partial charge in [0.25, 0.3) is 5.91 Å². The van der Waals surface area contributed by atoms with Crippen LogP contribution in [-0.4, -0.2) is 47.5 Å². The first-order chi connectivity index (χ1) is 15.1. The van der Waals surface area contributed by atoms with Gasteiger partial charge in [0.05, 0.1) is 24.9 Å². The van der Waals surface area contributed by atoms with E-state index in [4.69, 9.17) is 9.15 Å². The second kappa shape index (κ2) is 9.51. The zero-order valence-corrected chi connectivity index (χ0v) is 19.0. The Morgan fingerprint density at radius 2 is 2.23 bits per heavy atom. The number of oxazole rings is 1. The van der Waals surface area contributed by atoms with Gasteiger partial charge in [-0.3, -0.25) is 4.79 Å². The van der Waals surface area contributed by atoms with Crippen molar-refractivity contribution in [3.05, 3.63) is 58.2 Å². The molecule has 4 rings (SSSR count). The molecule has 0 spiro atoms. The lowest BCUT2D eigenvalue weighted by molar-refractivity contribution is 0.0702. The van der Waals surface area contributed by atoms with Crippen LogP contribution in [-0.2, 0) is 6.42 Å².